The predicted octanol–water partition coefficient (Wildman–Crippen LogP) is 3.45. The lowest BCUT2D eigenvalue weighted by Gasteiger charge is -2.35. The van der Waals surface area contributed by atoms with E-state index in [-0.39, 0.29) is 35.8 Å². The molecule has 5 nitrogen and oxygen atoms in total. The van der Waals surface area contributed by atoms with Gasteiger partial charge >= 0.3 is 0 Å². The summed E-state index contributed by atoms with van der Waals surface area (Å²) in [6, 6.07) is 8.43. The third kappa shape index (κ3) is 3.95. The van der Waals surface area contributed by atoms with E-state index in [1.807, 2.05) is 13.8 Å². The molecule has 1 amide bonds. The molecule has 2 unspecified atom stereocenters. The standard InChI is InChI=1S/C19H20Cl2N2O3/c1-12-9-23(10-13(2)26-12)19(25)14-5-4-8-22(18(14)24)11-15-16(20)6-3-7-17(15)21/h3-8,12-13H,9-11H2,1-2H3. The molecule has 0 aliphatic carbocycles. The number of nitrogens with zero attached hydrogens (tertiary/aromatic N) is 2. The number of amides is 1. The van der Waals surface area contributed by atoms with Gasteiger partial charge in [-0.2, -0.15) is 0 Å². The molecule has 0 saturated carbocycles. The van der Waals surface area contributed by atoms with E-state index in [2.05, 4.69) is 0 Å². The summed E-state index contributed by atoms with van der Waals surface area (Å²) >= 11 is 12.4. The summed E-state index contributed by atoms with van der Waals surface area (Å²) in [5.41, 5.74) is 0.424. The van der Waals surface area contributed by atoms with Crippen molar-refractivity contribution in [1.29, 1.82) is 0 Å². The van der Waals surface area contributed by atoms with Crippen molar-refractivity contribution in [2.45, 2.75) is 32.6 Å². The minimum Gasteiger partial charge on any atom is -0.372 e. The maximum Gasteiger partial charge on any atom is 0.263 e. The Hall–Kier alpha value is -1.82. The van der Waals surface area contributed by atoms with Crippen molar-refractivity contribution in [1.82, 2.24) is 9.47 Å². The molecule has 3 rings (SSSR count). The Kier molecular flexibility index (Phi) is 5.70. The molecule has 1 saturated heterocycles. The highest BCUT2D eigenvalue weighted by Crippen LogP contribution is 2.24. The molecule has 0 radical (unpaired) electrons. The average molecular weight is 395 g/mol. The van der Waals surface area contributed by atoms with Gasteiger partial charge in [-0.25, -0.2) is 0 Å². The number of halogens is 2. The molecule has 0 spiro atoms. The minimum atomic E-state index is -0.361. The third-order valence-electron chi connectivity index (χ3n) is 4.35. The van der Waals surface area contributed by atoms with Gasteiger partial charge < -0.3 is 14.2 Å². The first-order valence-electron chi connectivity index (χ1n) is 8.44. The topological polar surface area (TPSA) is 51.5 Å². The van der Waals surface area contributed by atoms with Crippen molar-refractivity contribution in [3.8, 4) is 0 Å². The molecule has 1 aromatic heterocycles. The number of hydrogen-bond donors (Lipinski definition) is 0. The molecule has 0 N–H and O–H groups in total. The van der Waals surface area contributed by atoms with E-state index < -0.39 is 0 Å². The molecule has 2 aromatic rings. The molecule has 2 atom stereocenters. The lowest BCUT2D eigenvalue weighted by atomic mass is 10.1. The molecule has 2 heterocycles. The summed E-state index contributed by atoms with van der Waals surface area (Å²) in [5, 5.41) is 0.967. The van der Waals surface area contributed by atoms with Gasteiger partial charge in [0, 0.05) is 34.9 Å². The van der Waals surface area contributed by atoms with Crippen LogP contribution in [0.3, 0.4) is 0 Å². The Morgan fingerprint density at radius 2 is 1.73 bits per heavy atom. The third-order valence-corrected chi connectivity index (χ3v) is 5.06. The highest BCUT2D eigenvalue weighted by atomic mass is 35.5. The lowest BCUT2D eigenvalue weighted by molar-refractivity contribution is -0.0586. The van der Waals surface area contributed by atoms with Crippen LogP contribution in [0.25, 0.3) is 0 Å². The lowest BCUT2D eigenvalue weighted by Crippen LogP contribution is -2.49. The Balaban J connectivity index is 1.90. The second-order valence-electron chi connectivity index (χ2n) is 6.52. The predicted molar refractivity (Wildman–Crippen MR) is 102 cm³/mol. The Labute approximate surface area is 162 Å². The maximum atomic E-state index is 12.9. The summed E-state index contributed by atoms with van der Waals surface area (Å²) < 4.78 is 7.11. The van der Waals surface area contributed by atoms with Crippen molar-refractivity contribution in [2.24, 2.45) is 0 Å². The normalized spacial score (nSPS) is 20.2. The van der Waals surface area contributed by atoms with Gasteiger partial charge in [-0.15, -0.1) is 0 Å². The summed E-state index contributed by atoms with van der Waals surface area (Å²) in [6.07, 6.45) is 1.51. The molecular formula is C19H20Cl2N2O3. The second-order valence-corrected chi connectivity index (χ2v) is 7.34. The van der Waals surface area contributed by atoms with Gasteiger partial charge in [0.25, 0.3) is 11.5 Å². The molecule has 7 heteroatoms. The summed E-state index contributed by atoms with van der Waals surface area (Å²) in [5.74, 6) is -0.281. The van der Waals surface area contributed by atoms with E-state index in [9.17, 15) is 9.59 Å². The molecule has 0 bridgehead atoms. The van der Waals surface area contributed by atoms with E-state index in [1.54, 1.807) is 41.4 Å². The zero-order chi connectivity index (χ0) is 18.8. The fourth-order valence-corrected chi connectivity index (χ4v) is 3.71. The zero-order valence-corrected chi connectivity index (χ0v) is 16.1. The molecule has 26 heavy (non-hydrogen) atoms. The smallest absolute Gasteiger partial charge is 0.263 e. The van der Waals surface area contributed by atoms with Gasteiger partial charge in [-0.05, 0) is 38.1 Å². The number of rotatable bonds is 3. The molecule has 1 aliphatic rings. The Morgan fingerprint density at radius 1 is 1.12 bits per heavy atom. The van der Waals surface area contributed by atoms with Crippen LogP contribution in [0.2, 0.25) is 10.0 Å². The monoisotopic (exact) mass is 394 g/mol. The number of hydrogen-bond acceptors (Lipinski definition) is 3. The van der Waals surface area contributed by atoms with Gasteiger partial charge in [0.15, 0.2) is 0 Å². The van der Waals surface area contributed by atoms with Crippen LogP contribution in [0.5, 0.6) is 0 Å². The highest BCUT2D eigenvalue weighted by molar-refractivity contribution is 6.35. The maximum absolute atomic E-state index is 12.9. The molecule has 138 valence electrons. The SMILES string of the molecule is CC1CN(C(=O)c2cccn(Cc3c(Cl)cccc3Cl)c2=O)CC(C)O1. The molecule has 1 fully saturated rings. The highest BCUT2D eigenvalue weighted by Gasteiger charge is 2.28. The largest absolute Gasteiger partial charge is 0.372 e. The Bertz CT molecular complexity index is 851. The summed E-state index contributed by atoms with van der Waals surface area (Å²) in [4.78, 5) is 27.4. The second kappa shape index (κ2) is 7.82. The van der Waals surface area contributed by atoms with Gasteiger partial charge in [0.05, 0.1) is 18.8 Å². The first-order chi connectivity index (χ1) is 12.4. The van der Waals surface area contributed by atoms with Crippen molar-refractivity contribution >= 4 is 29.1 Å². The van der Waals surface area contributed by atoms with Crippen LogP contribution in [-0.4, -0.2) is 40.7 Å². The van der Waals surface area contributed by atoms with Crippen molar-refractivity contribution < 1.29 is 9.53 Å². The number of ether oxygens (including phenoxy) is 1. The molecule has 1 aliphatic heterocycles. The fourth-order valence-electron chi connectivity index (χ4n) is 3.19. The number of morpholine rings is 1. The van der Waals surface area contributed by atoms with Crippen molar-refractivity contribution in [3.63, 3.8) is 0 Å². The Morgan fingerprint density at radius 3 is 2.35 bits per heavy atom. The van der Waals surface area contributed by atoms with Crippen LogP contribution in [0.15, 0.2) is 41.3 Å². The summed E-state index contributed by atoms with van der Waals surface area (Å²) in [6.45, 7) is 4.97. The van der Waals surface area contributed by atoms with E-state index in [0.717, 1.165) is 0 Å². The minimum absolute atomic E-state index is 0.0597. The molecule has 1 aromatic carbocycles. The van der Waals surface area contributed by atoms with E-state index in [4.69, 9.17) is 27.9 Å². The quantitative estimate of drug-likeness (QED) is 0.800. The van der Waals surface area contributed by atoms with E-state index >= 15 is 0 Å². The summed E-state index contributed by atoms with van der Waals surface area (Å²) in [7, 11) is 0. The fraction of sp³-hybridized carbons (Fsp3) is 0.368. The number of carbonyl (C=O) groups is 1. The van der Waals surface area contributed by atoms with Gasteiger partial charge in [-0.1, -0.05) is 29.3 Å². The number of benzene rings is 1. The van der Waals surface area contributed by atoms with Crippen molar-refractivity contribution in [2.75, 3.05) is 13.1 Å². The average Bonchev–Trinajstić information content (AvgIpc) is 2.58. The van der Waals surface area contributed by atoms with Gasteiger partial charge in [0.1, 0.15) is 5.56 Å². The first kappa shape index (κ1) is 19.0. The number of aromatic nitrogens is 1. The molecular weight excluding hydrogens is 375 g/mol. The van der Waals surface area contributed by atoms with E-state index in [1.165, 1.54) is 4.57 Å². The number of carbonyl (C=O) groups excluding carboxylic acids is 1. The van der Waals surface area contributed by atoms with Crippen LogP contribution in [0.1, 0.15) is 29.8 Å². The van der Waals surface area contributed by atoms with Crippen LogP contribution >= 0.6 is 23.2 Å². The van der Waals surface area contributed by atoms with Crippen LogP contribution < -0.4 is 5.56 Å². The van der Waals surface area contributed by atoms with Crippen LogP contribution in [0.4, 0.5) is 0 Å². The van der Waals surface area contributed by atoms with E-state index in [0.29, 0.717) is 28.7 Å². The van der Waals surface area contributed by atoms with Crippen LogP contribution in [-0.2, 0) is 11.3 Å². The van der Waals surface area contributed by atoms with Crippen LogP contribution in [0, 0.1) is 0 Å². The van der Waals surface area contributed by atoms with Crippen molar-refractivity contribution in [3.05, 3.63) is 68.1 Å². The van der Waals surface area contributed by atoms with Gasteiger partial charge in [-0.3, -0.25) is 9.59 Å². The number of pyridine rings is 1. The first-order valence-corrected chi connectivity index (χ1v) is 9.19. The van der Waals surface area contributed by atoms with Gasteiger partial charge in [0.2, 0.25) is 0 Å². The zero-order valence-electron chi connectivity index (χ0n) is 14.6.